The molecule has 0 aromatic rings. The summed E-state index contributed by atoms with van der Waals surface area (Å²) < 4.78 is 0. The number of hydrogen-bond acceptors (Lipinski definition) is 3. The normalized spacial score (nSPS) is 32.2. The van der Waals surface area contributed by atoms with Crippen molar-refractivity contribution in [3.05, 3.63) is 0 Å². The standard InChI is InChI=1S/C12H24N2OS/c1-6-12(4)11(15)14(10(3)13-12)7-9(2)8-16-5/h9-10,13H,6-8H2,1-5H3. The first-order chi connectivity index (χ1) is 7.44. The van der Waals surface area contributed by atoms with Crippen LogP contribution in [-0.4, -0.2) is 41.1 Å². The molecular formula is C12H24N2OS. The first-order valence-corrected chi connectivity index (χ1v) is 7.41. The molecule has 3 atom stereocenters. The molecule has 0 spiro atoms. The van der Waals surface area contributed by atoms with Crippen molar-refractivity contribution in [2.24, 2.45) is 5.92 Å². The Bertz CT molecular complexity index is 259. The highest BCUT2D eigenvalue weighted by atomic mass is 32.2. The van der Waals surface area contributed by atoms with Crippen molar-refractivity contribution < 1.29 is 4.79 Å². The van der Waals surface area contributed by atoms with Crippen molar-refractivity contribution >= 4 is 17.7 Å². The molecule has 0 radical (unpaired) electrons. The molecule has 0 bridgehead atoms. The predicted octanol–water partition coefficient (Wildman–Crippen LogP) is 1.93. The van der Waals surface area contributed by atoms with Crippen LogP contribution in [0.4, 0.5) is 0 Å². The third-order valence-corrected chi connectivity index (χ3v) is 4.30. The molecule has 0 saturated carbocycles. The molecule has 4 heteroatoms. The minimum Gasteiger partial charge on any atom is -0.326 e. The van der Waals surface area contributed by atoms with Crippen LogP contribution < -0.4 is 5.32 Å². The first-order valence-electron chi connectivity index (χ1n) is 6.02. The Balaban J connectivity index is 2.64. The minimum atomic E-state index is -0.349. The number of thioether (sulfide) groups is 1. The number of nitrogens with zero attached hydrogens (tertiary/aromatic N) is 1. The van der Waals surface area contributed by atoms with Gasteiger partial charge in [0.2, 0.25) is 5.91 Å². The molecule has 16 heavy (non-hydrogen) atoms. The molecule has 3 nitrogen and oxygen atoms in total. The fourth-order valence-electron chi connectivity index (χ4n) is 2.26. The number of amides is 1. The van der Waals surface area contributed by atoms with Crippen molar-refractivity contribution in [3.63, 3.8) is 0 Å². The van der Waals surface area contributed by atoms with Gasteiger partial charge in [-0.3, -0.25) is 10.1 Å². The van der Waals surface area contributed by atoms with E-state index in [1.54, 1.807) is 0 Å². The van der Waals surface area contributed by atoms with Gasteiger partial charge in [0.1, 0.15) is 0 Å². The number of hydrogen-bond donors (Lipinski definition) is 1. The molecular weight excluding hydrogens is 220 g/mol. The molecule has 1 heterocycles. The van der Waals surface area contributed by atoms with E-state index < -0.39 is 0 Å². The third kappa shape index (κ3) is 2.72. The van der Waals surface area contributed by atoms with Crippen LogP contribution in [0.1, 0.15) is 34.1 Å². The lowest BCUT2D eigenvalue weighted by molar-refractivity contribution is -0.133. The van der Waals surface area contributed by atoms with Gasteiger partial charge < -0.3 is 4.90 Å². The highest BCUT2D eigenvalue weighted by Crippen LogP contribution is 2.24. The van der Waals surface area contributed by atoms with Gasteiger partial charge >= 0.3 is 0 Å². The van der Waals surface area contributed by atoms with Crippen LogP contribution in [0.25, 0.3) is 0 Å². The monoisotopic (exact) mass is 244 g/mol. The molecule has 1 N–H and O–H groups in total. The lowest BCUT2D eigenvalue weighted by Gasteiger charge is -2.25. The fraction of sp³-hybridized carbons (Fsp3) is 0.917. The second kappa shape index (κ2) is 5.41. The molecule has 1 amide bonds. The lowest BCUT2D eigenvalue weighted by atomic mass is 9.99. The van der Waals surface area contributed by atoms with E-state index in [2.05, 4.69) is 32.3 Å². The van der Waals surface area contributed by atoms with Crippen LogP contribution in [0.15, 0.2) is 0 Å². The fourth-order valence-corrected chi connectivity index (χ4v) is 2.94. The van der Waals surface area contributed by atoms with E-state index in [0.717, 1.165) is 18.7 Å². The maximum Gasteiger partial charge on any atom is 0.243 e. The van der Waals surface area contributed by atoms with E-state index in [4.69, 9.17) is 0 Å². The van der Waals surface area contributed by atoms with Gasteiger partial charge in [-0.1, -0.05) is 13.8 Å². The second-order valence-electron chi connectivity index (χ2n) is 5.02. The Hall–Kier alpha value is -0.220. The zero-order valence-electron chi connectivity index (χ0n) is 11.0. The number of carbonyl (C=O) groups is 1. The maximum atomic E-state index is 12.3. The van der Waals surface area contributed by atoms with E-state index in [-0.39, 0.29) is 17.6 Å². The number of rotatable bonds is 5. The van der Waals surface area contributed by atoms with Crippen molar-refractivity contribution in [1.82, 2.24) is 10.2 Å². The quantitative estimate of drug-likeness (QED) is 0.802. The van der Waals surface area contributed by atoms with Crippen LogP contribution in [0.5, 0.6) is 0 Å². The van der Waals surface area contributed by atoms with Crippen molar-refractivity contribution in [2.45, 2.75) is 45.8 Å². The van der Waals surface area contributed by atoms with Crippen LogP contribution in [-0.2, 0) is 4.79 Å². The summed E-state index contributed by atoms with van der Waals surface area (Å²) >= 11 is 1.84. The Kier molecular flexibility index (Phi) is 4.68. The zero-order valence-corrected chi connectivity index (χ0v) is 11.9. The lowest BCUT2D eigenvalue weighted by Crippen LogP contribution is -2.43. The first kappa shape index (κ1) is 13.8. The maximum absolute atomic E-state index is 12.3. The summed E-state index contributed by atoms with van der Waals surface area (Å²) in [5.41, 5.74) is -0.349. The van der Waals surface area contributed by atoms with Gasteiger partial charge in [0.25, 0.3) is 0 Å². The summed E-state index contributed by atoms with van der Waals surface area (Å²) in [6.45, 7) is 9.21. The van der Waals surface area contributed by atoms with Crippen molar-refractivity contribution in [3.8, 4) is 0 Å². The van der Waals surface area contributed by atoms with E-state index >= 15 is 0 Å². The van der Waals surface area contributed by atoms with Gasteiger partial charge in [0.15, 0.2) is 0 Å². The molecule has 1 aliphatic heterocycles. The molecule has 1 rings (SSSR count). The predicted molar refractivity (Wildman–Crippen MR) is 70.6 cm³/mol. The highest BCUT2D eigenvalue weighted by molar-refractivity contribution is 7.98. The highest BCUT2D eigenvalue weighted by Gasteiger charge is 2.44. The van der Waals surface area contributed by atoms with Crippen LogP contribution in [0, 0.1) is 5.92 Å². The van der Waals surface area contributed by atoms with Gasteiger partial charge in [-0.05, 0) is 38.2 Å². The van der Waals surface area contributed by atoms with Crippen LogP contribution in [0.3, 0.4) is 0 Å². The summed E-state index contributed by atoms with van der Waals surface area (Å²) in [4.78, 5) is 14.3. The SMILES string of the molecule is CCC1(C)NC(C)N(CC(C)CSC)C1=O. The third-order valence-electron chi connectivity index (χ3n) is 3.39. The summed E-state index contributed by atoms with van der Waals surface area (Å²) in [7, 11) is 0. The van der Waals surface area contributed by atoms with Gasteiger partial charge in [-0.15, -0.1) is 0 Å². The Morgan fingerprint density at radius 3 is 2.69 bits per heavy atom. The largest absolute Gasteiger partial charge is 0.326 e. The second-order valence-corrected chi connectivity index (χ2v) is 5.93. The van der Waals surface area contributed by atoms with Crippen molar-refractivity contribution in [2.75, 3.05) is 18.6 Å². The van der Waals surface area contributed by atoms with E-state index in [1.807, 2.05) is 23.6 Å². The minimum absolute atomic E-state index is 0.168. The number of nitrogens with one attached hydrogen (secondary N) is 1. The van der Waals surface area contributed by atoms with Crippen LogP contribution in [0.2, 0.25) is 0 Å². The number of carbonyl (C=O) groups excluding carboxylic acids is 1. The molecule has 1 saturated heterocycles. The molecule has 0 aromatic heterocycles. The molecule has 0 aliphatic carbocycles. The van der Waals surface area contributed by atoms with E-state index in [9.17, 15) is 4.79 Å². The molecule has 3 unspecified atom stereocenters. The topological polar surface area (TPSA) is 32.3 Å². The summed E-state index contributed by atoms with van der Waals surface area (Å²) in [6.07, 6.45) is 3.13. The average molecular weight is 244 g/mol. The average Bonchev–Trinajstić information content (AvgIpc) is 2.43. The summed E-state index contributed by atoms with van der Waals surface area (Å²) in [6, 6.07) is 0. The van der Waals surface area contributed by atoms with Gasteiger partial charge in [-0.2, -0.15) is 11.8 Å². The molecule has 94 valence electrons. The van der Waals surface area contributed by atoms with E-state index in [1.165, 1.54) is 0 Å². The van der Waals surface area contributed by atoms with Crippen molar-refractivity contribution in [1.29, 1.82) is 0 Å². The Labute approximate surface area is 103 Å². The van der Waals surface area contributed by atoms with Crippen LogP contribution >= 0.6 is 11.8 Å². The molecule has 0 aromatic carbocycles. The summed E-state index contributed by atoms with van der Waals surface area (Å²) in [5.74, 6) is 1.93. The smallest absolute Gasteiger partial charge is 0.243 e. The zero-order chi connectivity index (χ0) is 12.3. The Morgan fingerprint density at radius 1 is 1.62 bits per heavy atom. The van der Waals surface area contributed by atoms with E-state index in [0.29, 0.717) is 5.92 Å². The summed E-state index contributed by atoms with van der Waals surface area (Å²) in [5, 5.41) is 3.40. The van der Waals surface area contributed by atoms with Gasteiger partial charge in [0.05, 0.1) is 11.7 Å². The van der Waals surface area contributed by atoms with Gasteiger partial charge in [-0.25, -0.2) is 0 Å². The Morgan fingerprint density at radius 2 is 2.25 bits per heavy atom. The van der Waals surface area contributed by atoms with Gasteiger partial charge in [0, 0.05) is 6.54 Å². The molecule has 1 aliphatic rings. The molecule has 1 fully saturated rings.